The Morgan fingerprint density at radius 1 is 1.40 bits per heavy atom. The first-order valence-corrected chi connectivity index (χ1v) is 6.59. The van der Waals surface area contributed by atoms with Crippen molar-refractivity contribution in [2.75, 3.05) is 18.4 Å². The number of carbonyl (C=O) groups is 2. The lowest BCUT2D eigenvalue weighted by molar-refractivity contribution is 0.0697. The first-order valence-electron chi connectivity index (χ1n) is 6.59. The number of amides is 2. The summed E-state index contributed by atoms with van der Waals surface area (Å²) in [6.45, 7) is 3.43. The van der Waals surface area contributed by atoms with Gasteiger partial charge < -0.3 is 20.4 Å². The van der Waals surface area contributed by atoms with Gasteiger partial charge in [-0.2, -0.15) is 0 Å². The number of aromatic hydroxyl groups is 1. The molecule has 2 rings (SSSR count). The van der Waals surface area contributed by atoms with Crippen molar-refractivity contribution in [2.45, 2.75) is 19.8 Å². The van der Waals surface area contributed by atoms with Crippen LogP contribution in [0.15, 0.2) is 18.2 Å². The summed E-state index contributed by atoms with van der Waals surface area (Å²) in [6.07, 6.45) is 2.05. The molecule has 1 aromatic carbocycles. The summed E-state index contributed by atoms with van der Waals surface area (Å²) in [4.78, 5) is 24.7. The number of likely N-dealkylation sites (tertiary alicyclic amines) is 1. The van der Waals surface area contributed by atoms with Crippen molar-refractivity contribution >= 4 is 17.7 Å². The van der Waals surface area contributed by atoms with E-state index in [-0.39, 0.29) is 23.0 Å². The number of nitrogens with zero attached hydrogens (tertiary/aromatic N) is 1. The number of phenols is 1. The summed E-state index contributed by atoms with van der Waals surface area (Å²) in [5, 5.41) is 21.2. The fourth-order valence-electron chi connectivity index (χ4n) is 2.34. The van der Waals surface area contributed by atoms with Gasteiger partial charge in [0.1, 0.15) is 5.75 Å². The second kappa shape index (κ2) is 5.81. The van der Waals surface area contributed by atoms with Crippen LogP contribution < -0.4 is 5.32 Å². The summed E-state index contributed by atoms with van der Waals surface area (Å²) < 4.78 is 0. The SMILES string of the molecule is CC1CCCN(C(=O)Nc2cc(C(=O)O)ccc2O)C1. The molecule has 1 aromatic rings. The highest BCUT2D eigenvalue weighted by molar-refractivity contribution is 5.94. The molecule has 0 aliphatic carbocycles. The summed E-state index contributed by atoms with van der Waals surface area (Å²) in [5.74, 6) is -0.797. The molecule has 3 N–H and O–H groups in total. The van der Waals surface area contributed by atoms with E-state index in [4.69, 9.17) is 5.11 Å². The van der Waals surface area contributed by atoms with Gasteiger partial charge in [-0.15, -0.1) is 0 Å². The van der Waals surface area contributed by atoms with Crippen LogP contribution in [0.4, 0.5) is 10.5 Å². The van der Waals surface area contributed by atoms with Crippen molar-refractivity contribution in [2.24, 2.45) is 5.92 Å². The van der Waals surface area contributed by atoms with Gasteiger partial charge in [0, 0.05) is 13.1 Å². The molecule has 2 amide bonds. The van der Waals surface area contributed by atoms with Crippen LogP contribution in [-0.2, 0) is 0 Å². The van der Waals surface area contributed by atoms with Crippen LogP contribution in [0.1, 0.15) is 30.1 Å². The molecule has 1 unspecified atom stereocenters. The molecule has 0 radical (unpaired) electrons. The van der Waals surface area contributed by atoms with E-state index in [1.807, 2.05) is 0 Å². The summed E-state index contributed by atoms with van der Waals surface area (Å²) in [5.41, 5.74) is 0.137. The van der Waals surface area contributed by atoms with Gasteiger partial charge in [-0.25, -0.2) is 9.59 Å². The average Bonchev–Trinajstić information content (AvgIpc) is 2.41. The second-order valence-electron chi connectivity index (χ2n) is 5.16. The largest absolute Gasteiger partial charge is 0.506 e. The van der Waals surface area contributed by atoms with Crippen LogP contribution in [0.5, 0.6) is 5.75 Å². The number of carboxylic acids is 1. The predicted molar refractivity (Wildman–Crippen MR) is 74.1 cm³/mol. The normalized spacial score (nSPS) is 18.6. The monoisotopic (exact) mass is 278 g/mol. The number of nitrogens with one attached hydrogen (secondary N) is 1. The molecular weight excluding hydrogens is 260 g/mol. The Morgan fingerprint density at radius 3 is 2.80 bits per heavy atom. The third-order valence-corrected chi connectivity index (χ3v) is 3.43. The van der Waals surface area contributed by atoms with Gasteiger partial charge in [0.25, 0.3) is 0 Å². The van der Waals surface area contributed by atoms with Gasteiger partial charge in [-0.05, 0) is 37.0 Å². The zero-order chi connectivity index (χ0) is 14.7. The Bertz CT molecular complexity index is 530. The van der Waals surface area contributed by atoms with Gasteiger partial charge in [0.15, 0.2) is 0 Å². The Kier molecular flexibility index (Phi) is 4.12. The van der Waals surface area contributed by atoms with Crippen LogP contribution in [0.2, 0.25) is 0 Å². The summed E-state index contributed by atoms with van der Waals surface area (Å²) in [6, 6.07) is 3.49. The van der Waals surface area contributed by atoms with E-state index in [1.165, 1.54) is 18.2 Å². The molecule has 1 aliphatic heterocycles. The van der Waals surface area contributed by atoms with Crippen LogP contribution in [0.25, 0.3) is 0 Å². The third kappa shape index (κ3) is 3.20. The fourth-order valence-corrected chi connectivity index (χ4v) is 2.34. The van der Waals surface area contributed by atoms with Crippen molar-refractivity contribution in [1.82, 2.24) is 4.90 Å². The Balaban J connectivity index is 2.10. The molecule has 1 saturated heterocycles. The number of hydrogen-bond acceptors (Lipinski definition) is 3. The average molecular weight is 278 g/mol. The van der Waals surface area contributed by atoms with E-state index in [0.29, 0.717) is 19.0 Å². The Morgan fingerprint density at radius 2 is 2.15 bits per heavy atom. The Hall–Kier alpha value is -2.24. The van der Waals surface area contributed by atoms with Crippen LogP contribution >= 0.6 is 0 Å². The number of benzene rings is 1. The minimum absolute atomic E-state index is 0.0186. The number of piperidine rings is 1. The van der Waals surface area contributed by atoms with Crippen molar-refractivity contribution in [3.8, 4) is 5.75 Å². The second-order valence-corrected chi connectivity index (χ2v) is 5.16. The lowest BCUT2D eigenvalue weighted by Gasteiger charge is -2.31. The number of rotatable bonds is 2. The van der Waals surface area contributed by atoms with Crippen LogP contribution in [-0.4, -0.2) is 40.2 Å². The van der Waals surface area contributed by atoms with E-state index in [1.54, 1.807) is 4.90 Å². The van der Waals surface area contributed by atoms with Gasteiger partial charge >= 0.3 is 12.0 Å². The molecule has 0 spiro atoms. The summed E-state index contributed by atoms with van der Waals surface area (Å²) >= 11 is 0. The minimum Gasteiger partial charge on any atom is -0.506 e. The molecule has 1 aliphatic rings. The number of urea groups is 1. The molecule has 1 fully saturated rings. The van der Waals surface area contributed by atoms with Gasteiger partial charge in [0.05, 0.1) is 11.3 Å². The molecule has 1 atom stereocenters. The van der Waals surface area contributed by atoms with Gasteiger partial charge in [-0.1, -0.05) is 6.92 Å². The quantitative estimate of drug-likeness (QED) is 0.724. The predicted octanol–water partition coefficient (Wildman–Crippen LogP) is 2.35. The fraction of sp³-hybridized carbons (Fsp3) is 0.429. The molecule has 0 bridgehead atoms. The third-order valence-electron chi connectivity index (χ3n) is 3.43. The molecule has 6 nitrogen and oxygen atoms in total. The Labute approximate surface area is 117 Å². The smallest absolute Gasteiger partial charge is 0.335 e. The zero-order valence-corrected chi connectivity index (χ0v) is 11.3. The van der Waals surface area contributed by atoms with Crippen molar-refractivity contribution < 1.29 is 19.8 Å². The number of aromatic carboxylic acids is 1. The van der Waals surface area contributed by atoms with E-state index in [2.05, 4.69) is 12.2 Å². The molecule has 6 heteroatoms. The van der Waals surface area contributed by atoms with Crippen LogP contribution in [0.3, 0.4) is 0 Å². The highest BCUT2D eigenvalue weighted by Gasteiger charge is 2.21. The van der Waals surface area contributed by atoms with E-state index in [0.717, 1.165) is 12.8 Å². The number of carboxylic acid groups (broad SMARTS) is 1. The van der Waals surface area contributed by atoms with E-state index in [9.17, 15) is 14.7 Å². The van der Waals surface area contributed by atoms with Crippen LogP contribution in [0, 0.1) is 5.92 Å². The number of carbonyl (C=O) groups excluding carboxylic acids is 1. The first-order chi connectivity index (χ1) is 9.47. The molecule has 0 aromatic heterocycles. The zero-order valence-electron chi connectivity index (χ0n) is 11.3. The van der Waals surface area contributed by atoms with Gasteiger partial charge in [-0.3, -0.25) is 0 Å². The molecule has 108 valence electrons. The first kappa shape index (κ1) is 14.2. The standard InChI is InChI=1S/C14H18N2O4/c1-9-3-2-6-16(8-9)14(20)15-11-7-10(13(18)19)4-5-12(11)17/h4-5,7,9,17H,2-3,6,8H2,1H3,(H,15,20)(H,18,19). The van der Waals surface area contributed by atoms with E-state index < -0.39 is 5.97 Å². The van der Waals surface area contributed by atoms with Crippen molar-refractivity contribution in [3.05, 3.63) is 23.8 Å². The number of phenolic OH excluding ortho intramolecular Hbond substituents is 1. The topological polar surface area (TPSA) is 89.9 Å². The number of anilines is 1. The summed E-state index contributed by atoms with van der Waals surface area (Å²) in [7, 11) is 0. The highest BCUT2D eigenvalue weighted by Crippen LogP contribution is 2.25. The maximum atomic E-state index is 12.1. The molecule has 1 heterocycles. The van der Waals surface area contributed by atoms with E-state index >= 15 is 0 Å². The highest BCUT2D eigenvalue weighted by atomic mass is 16.4. The minimum atomic E-state index is -1.10. The lowest BCUT2D eigenvalue weighted by Crippen LogP contribution is -2.41. The lowest BCUT2D eigenvalue weighted by atomic mass is 10.0. The molecule has 20 heavy (non-hydrogen) atoms. The molecular formula is C14H18N2O4. The maximum Gasteiger partial charge on any atom is 0.335 e. The number of hydrogen-bond donors (Lipinski definition) is 3. The molecule has 0 saturated carbocycles. The van der Waals surface area contributed by atoms with Crippen molar-refractivity contribution in [1.29, 1.82) is 0 Å². The maximum absolute atomic E-state index is 12.1. The van der Waals surface area contributed by atoms with Gasteiger partial charge in [0.2, 0.25) is 0 Å². The van der Waals surface area contributed by atoms with Crippen molar-refractivity contribution in [3.63, 3.8) is 0 Å².